The van der Waals surface area contributed by atoms with Crippen LogP contribution in [0.3, 0.4) is 0 Å². The van der Waals surface area contributed by atoms with Gasteiger partial charge >= 0.3 is 0 Å². The van der Waals surface area contributed by atoms with Crippen molar-refractivity contribution in [3.05, 3.63) is 42.1 Å². The van der Waals surface area contributed by atoms with E-state index in [2.05, 4.69) is 17.1 Å². The summed E-state index contributed by atoms with van der Waals surface area (Å²) in [5.74, 6) is 0. The second-order valence-electron chi connectivity index (χ2n) is 2.62. The number of aromatic nitrogens is 1. The molecule has 1 aromatic carbocycles. The number of pyridine rings is 1. The molecule has 12 heavy (non-hydrogen) atoms. The van der Waals surface area contributed by atoms with Crippen molar-refractivity contribution in [2.45, 2.75) is 6.92 Å². The third-order valence-corrected chi connectivity index (χ3v) is 1.65. The summed E-state index contributed by atoms with van der Waals surface area (Å²) < 4.78 is 0. The monoisotopic (exact) mass is 231 g/mol. The van der Waals surface area contributed by atoms with E-state index in [4.69, 9.17) is 0 Å². The fraction of sp³-hybridized carbons (Fsp3) is 0.100. The van der Waals surface area contributed by atoms with Crippen molar-refractivity contribution in [2.75, 3.05) is 0 Å². The van der Waals surface area contributed by atoms with E-state index in [9.17, 15) is 0 Å². The third kappa shape index (κ3) is 1.91. The van der Waals surface area contributed by atoms with E-state index in [0.717, 1.165) is 10.9 Å². The Balaban J connectivity index is 0.000000720. The number of hydrogen-bond acceptors (Lipinski definition) is 1. The summed E-state index contributed by atoms with van der Waals surface area (Å²) in [5.41, 5.74) is 2.13. The molecule has 0 bridgehead atoms. The fourth-order valence-corrected chi connectivity index (χ4v) is 1.12. The first-order valence-corrected chi connectivity index (χ1v) is 3.59. The molecule has 0 aliphatic rings. The molecule has 0 N–H and O–H groups in total. The maximum absolute atomic E-state index is 4.23. The Labute approximate surface area is 97.1 Å². The van der Waals surface area contributed by atoms with E-state index in [1.807, 2.05) is 31.3 Å². The molecule has 1 aromatic heterocycles. The van der Waals surface area contributed by atoms with Crippen LogP contribution in [0.25, 0.3) is 10.9 Å². The molecule has 1 radical (unpaired) electrons. The van der Waals surface area contributed by atoms with Crippen molar-refractivity contribution in [2.24, 2.45) is 0 Å². The van der Waals surface area contributed by atoms with Crippen molar-refractivity contribution in [3.8, 4) is 0 Å². The molecule has 0 atom stereocenters. The molecule has 2 aromatic rings. The fourth-order valence-electron chi connectivity index (χ4n) is 1.12. The number of nitrogens with zero attached hydrogens (tertiary/aromatic N) is 1. The summed E-state index contributed by atoms with van der Waals surface area (Å²) >= 11 is 0. The normalized spacial score (nSPS) is 9.42. The van der Waals surface area contributed by atoms with Crippen LogP contribution < -0.4 is 0 Å². The van der Waals surface area contributed by atoms with Gasteiger partial charge in [0.25, 0.3) is 0 Å². The predicted molar refractivity (Wildman–Crippen MR) is 45.3 cm³/mol. The van der Waals surface area contributed by atoms with Crippen molar-refractivity contribution in [1.82, 2.24) is 4.98 Å². The van der Waals surface area contributed by atoms with Crippen LogP contribution in [0.4, 0.5) is 0 Å². The Hall–Kier alpha value is -0.266. The van der Waals surface area contributed by atoms with Crippen molar-refractivity contribution >= 4 is 10.9 Å². The van der Waals surface area contributed by atoms with Crippen LogP contribution in [0.1, 0.15) is 5.56 Å². The summed E-state index contributed by atoms with van der Waals surface area (Å²) in [6, 6.07) is 11.1. The van der Waals surface area contributed by atoms with Gasteiger partial charge in [-0.25, -0.2) is 0 Å². The number of para-hydroxylation sites is 1. The second-order valence-corrected chi connectivity index (χ2v) is 2.62. The summed E-state index contributed by atoms with van der Waals surface area (Å²) in [6.07, 6.45) is 1.86. The van der Waals surface area contributed by atoms with Gasteiger partial charge in [-0.1, -0.05) is 0 Å². The number of fused-ring (bicyclic) bond motifs is 1. The Morgan fingerprint density at radius 2 is 2.25 bits per heavy atom. The van der Waals surface area contributed by atoms with E-state index < -0.39 is 0 Å². The van der Waals surface area contributed by atoms with E-state index in [0.29, 0.717) is 0 Å². The van der Waals surface area contributed by atoms with Crippen molar-refractivity contribution < 1.29 is 32.7 Å². The van der Waals surface area contributed by atoms with Gasteiger partial charge < -0.3 is 0 Å². The summed E-state index contributed by atoms with van der Waals surface area (Å²) in [5, 5.41) is 1.16. The minimum atomic E-state index is 0. The van der Waals surface area contributed by atoms with E-state index in [1.165, 1.54) is 5.56 Å². The van der Waals surface area contributed by atoms with E-state index >= 15 is 0 Å². The second kappa shape index (κ2) is 4.11. The number of rotatable bonds is 0. The van der Waals surface area contributed by atoms with Crippen LogP contribution in [0.2, 0.25) is 0 Å². The smallest absolute Gasteiger partial charge is 0.0268 e. The third-order valence-electron chi connectivity index (χ3n) is 1.65. The molecule has 0 amide bonds. The minimum Gasteiger partial charge on any atom is -0.283 e. The summed E-state index contributed by atoms with van der Waals surface area (Å²) in [4.78, 5) is 4.23. The molecular weight excluding hydrogens is 223 g/mol. The van der Waals surface area contributed by atoms with Crippen LogP contribution in [0.15, 0.2) is 30.5 Å². The van der Waals surface area contributed by atoms with Gasteiger partial charge in [0, 0.05) is 38.9 Å². The topological polar surface area (TPSA) is 12.9 Å². The van der Waals surface area contributed by atoms with Gasteiger partial charge in [0.1, 0.15) is 0 Å². The first kappa shape index (κ1) is 9.82. The van der Waals surface area contributed by atoms with Gasteiger partial charge in [0.2, 0.25) is 0 Å². The Morgan fingerprint density at radius 3 is 3.08 bits per heavy atom. The van der Waals surface area contributed by atoms with Crippen LogP contribution in [0, 0.1) is 13.0 Å². The van der Waals surface area contributed by atoms with Gasteiger partial charge in [-0.05, 0) is 18.0 Å². The number of benzene rings is 1. The van der Waals surface area contributed by atoms with E-state index in [1.54, 1.807) is 0 Å². The summed E-state index contributed by atoms with van der Waals surface area (Å²) in [6.45, 7) is 2.04. The van der Waals surface area contributed by atoms with Crippen LogP contribution >= 0.6 is 0 Å². The van der Waals surface area contributed by atoms with Gasteiger partial charge in [0.15, 0.2) is 0 Å². The van der Waals surface area contributed by atoms with Crippen LogP contribution in [0.5, 0.6) is 0 Å². The molecule has 1 nitrogen and oxygen atoms in total. The predicted octanol–water partition coefficient (Wildman–Crippen LogP) is 2.34. The molecule has 2 heteroatoms. The first-order chi connectivity index (χ1) is 5.36. The maximum Gasteiger partial charge on any atom is 0.0268 e. The van der Waals surface area contributed by atoms with Gasteiger partial charge in [0.05, 0.1) is 0 Å². The van der Waals surface area contributed by atoms with Crippen molar-refractivity contribution in [3.63, 3.8) is 0 Å². The molecule has 0 spiro atoms. The molecule has 57 valence electrons. The minimum absolute atomic E-state index is 0. The number of hydrogen-bond donors (Lipinski definition) is 0. The standard InChI is InChI=1S/C10H8N.Y/c1-8-6-9-4-2-3-5-10(9)11-7-8;/h2-4,6-7H,1H3;/q-1;. The van der Waals surface area contributed by atoms with Crippen LogP contribution in [-0.4, -0.2) is 4.98 Å². The Morgan fingerprint density at radius 1 is 1.42 bits per heavy atom. The molecule has 0 aliphatic carbocycles. The average molecular weight is 231 g/mol. The molecule has 0 saturated carbocycles. The molecule has 0 fully saturated rings. The average Bonchev–Trinajstić information content (AvgIpc) is 2.04. The zero-order valence-electron chi connectivity index (χ0n) is 6.91. The Bertz CT molecular complexity index is 384. The number of aryl methyl sites for hydroxylation is 1. The largest absolute Gasteiger partial charge is 0.283 e. The molecular formula is C10H8NY-. The molecule has 1 heterocycles. The Kier molecular flexibility index (Phi) is 3.36. The van der Waals surface area contributed by atoms with Crippen molar-refractivity contribution in [1.29, 1.82) is 0 Å². The first-order valence-electron chi connectivity index (χ1n) is 3.59. The van der Waals surface area contributed by atoms with Gasteiger partial charge in [-0.2, -0.15) is 24.3 Å². The molecule has 0 unspecified atom stereocenters. The molecule has 2 rings (SSSR count). The zero-order chi connectivity index (χ0) is 7.68. The summed E-state index contributed by atoms with van der Waals surface area (Å²) in [7, 11) is 0. The van der Waals surface area contributed by atoms with Gasteiger partial charge in [-0.3, -0.25) is 4.98 Å². The quantitative estimate of drug-likeness (QED) is 0.634. The molecule has 0 saturated heterocycles. The maximum atomic E-state index is 4.23. The van der Waals surface area contributed by atoms with Crippen LogP contribution in [-0.2, 0) is 32.7 Å². The van der Waals surface area contributed by atoms with E-state index in [-0.39, 0.29) is 32.7 Å². The SMILES string of the molecule is Cc1cnc2[c-]cccc2c1.[Y]. The molecule has 0 aliphatic heterocycles. The van der Waals surface area contributed by atoms with Gasteiger partial charge in [-0.15, -0.1) is 11.5 Å². The zero-order valence-corrected chi connectivity index (χ0v) is 9.75.